The molecule has 2 heterocycles. The highest BCUT2D eigenvalue weighted by Gasteiger charge is 2.30. The van der Waals surface area contributed by atoms with E-state index in [1.54, 1.807) is 12.1 Å². The number of amides is 2. The van der Waals surface area contributed by atoms with E-state index in [0.717, 1.165) is 5.56 Å². The minimum Gasteiger partial charge on any atom is -0.482 e. The minimum absolute atomic E-state index is 0.00282. The Morgan fingerprint density at radius 3 is 2.92 bits per heavy atom. The van der Waals surface area contributed by atoms with Crippen LogP contribution in [0, 0.1) is 5.92 Å². The van der Waals surface area contributed by atoms with Crippen LogP contribution in [0.3, 0.4) is 0 Å². The number of hydrogen-bond donors (Lipinski definition) is 2. The van der Waals surface area contributed by atoms with Gasteiger partial charge in [0.25, 0.3) is 5.91 Å². The Labute approximate surface area is 152 Å². The average molecular weight is 381 g/mol. The molecule has 0 spiro atoms. The smallest absolute Gasteiger partial charge is 0.262 e. The van der Waals surface area contributed by atoms with Crippen molar-refractivity contribution in [3.05, 3.63) is 23.8 Å². The Hall–Kier alpha value is -2.13. The molecule has 8 nitrogen and oxygen atoms in total. The molecule has 2 amide bonds. The Balaban J connectivity index is 1.66. The Morgan fingerprint density at radius 1 is 1.42 bits per heavy atom. The van der Waals surface area contributed by atoms with E-state index in [-0.39, 0.29) is 36.9 Å². The molecular weight excluding hydrogens is 358 g/mol. The van der Waals surface area contributed by atoms with Crippen LogP contribution < -0.4 is 15.4 Å². The van der Waals surface area contributed by atoms with Crippen molar-refractivity contribution in [1.82, 2.24) is 9.62 Å². The molecule has 0 saturated carbocycles. The number of nitrogens with one attached hydrogen (secondary N) is 2. The van der Waals surface area contributed by atoms with Gasteiger partial charge in [-0.1, -0.05) is 6.07 Å². The first kappa shape index (κ1) is 18.7. The van der Waals surface area contributed by atoms with E-state index in [1.165, 1.54) is 10.6 Å². The maximum absolute atomic E-state index is 12.6. The quantitative estimate of drug-likeness (QED) is 0.805. The normalized spacial score (nSPS) is 21.9. The highest BCUT2D eigenvalue weighted by atomic mass is 32.2. The summed E-state index contributed by atoms with van der Waals surface area (Å²) >= 11 is 0. The highest BCUT2D eigenvalue weighted by Crippen LogP contribution is 2.30. The fourth-order valence-electron chi connectivity index (χ4n) is 3.24. The van der Waals surface area contributed by atoms with E-state index >= 15 is 0 Å². The second-order valence-electron chi connectivity index (χ2n) is 6.78. The van der Waals surface area contributed by atoms with Crippen LogP contribution in [0.4, 0.5) is 5.69 Å². The lowest BCUT2D eigenvalue weighted by molar-refractivity contribution is -0.126. The molecule has 0 bridgehead atoms. The number of carbonyl (C=O) groups is 2. The molecule has 26 heavy (non-hydrogen) atoms. The fraction of sp³-hybridized carbons (Fsp3) is 0.529. The summed E-state index contributed by atoms with van der Waals surface area (Å²) in [5.74, 6) is -0.136. The summed E-state index contributed by atoms with van der Waals surface area (Å²) in [5.41, 5.74) is 1.42. The Bertz CT molecular complexity index is 824. The molecule has 0 aliphatic carbocycles. The van der Waals surface area contributed by atoms with Gasteiger partial charge in [0.1, 0.15) is 5.75 Å². The highest BCUT2D eigenvalue weighted by molar-refractivity contribution is 7.88. The molecule has 3 rings (SSSR count). The molecule has 2 unspecified atom stereocenters. The van der Waals surface area contributed by atoms with Gasteiger partial charge in [-0.05, 0) is 37.5 Å². The molecule has 0 radical (unpaired) electrons. The van der Waals surface area contributed by atoms with Crippen LogP contribution in [0.25, 0.3) is 0 Å². The van der Waals surface area contributed by atoms with Gasteiger partial charge in [0, 0.05) is 13.1 Å². The predicted molar refractivity (Wildman–Crippen MR) is 96.3 cm³/mol. The van der Waals surface area contributed by atoms with Crippen LogP contribution in [0.1, 0.15) is 31.4 Å². The molecule has 2 aliphatic heterocycles. The second-order valence-corrected chi connectivity index (χ2v) is 8.77. The molecule has 2 aliphatic rings. The minimum atomic E-state index is -3.29. The summed E-state index contributed by atoms with van der Waals surface area (Å²) in [6.45, 7) is 2.52. The van der Waals surface area contributed by atoms with Gasteiger partial charge in [0.05, 0.1) is 23.9 Å². The van der Waals surface area contributed by atoms with Gasteiger partial charge in [-0.25, -0.2) is 12.7 Å². The molecule has 1 aromatic rings. The number of fused-ring (bicyclic) bond motifs is 1. The van der Waals surface area contributed by atoms with Crippen LogP contribution in [0.15, 0.2) is 18.2 Å². The van der Waals surface area contributed by atoms with Crippen molar-refractivity contribution in [2.24, 2.45) is 5.92 Å². The predicted octanol–water partition coefficient (Wildman–Crippen LogP) is 0.866. The largest absolute Gasteiger partial charge is 0.482 e. The summed E-state index contributed by atoms with van der Waals surface area (Å²) in [7, 11) is -3.29. The van der Waals surface area contributed by atoms with Crippen LogP contribution in [0.5, 0.6) is 5.75 Å². The number of piperidine rings is 1. The summed E-state index contributed by atoms with van der Waals surface area (Å²) in [6.07, 6.45) is 2.50. The number of carbonyl (C=O) groups excluding carboxylic acids is 2. The molecule has 9 heteroatoms. The zero-order valence-corrected chi connectivity index (χ0v) is 15.6. The molecule has 142 valence electrons. The molecule has 2 atom stereocenters. The van der Waals surface area contributed by atoms with Crippen molar-refractivity contribution in [2.45, 2.75) is 25.8 Å². The van der Waals surface area contributed by atoms with Crippen molar-refractivity contribution in [3.8, 4) is 5.75 Å². The maximum Gasteiger partial charge on any atom is 0.262 e. The van der Waals surface area contributed by atoms with Crippen LogP contribution in [-0.4, -0.2) is 50.5 Å². The van der Waals surface area contributed by atoms with Crippen LogP contribution >= 0.6 is 0 Å². The zero-order valence-electron chi connectivity index (χ0n) is 14.8. The van der Waals surface area contributed by atoms with E-state index < -0.39 is 10.0 Å². The van der Waals surface area contributed by atoms with Crippen molar-refractivity contribution in [1.29, 1.82) is 0 Å². The number of ether oxygens (including phenoxy) is 1. The Morgan fingerprint density at radius 2 is 2.19 bits per heavy atom. The Kier molecular flexibility index (Phi) is 5.19. The summed E-state index contributed by atoms with van der Waals surface area (Å²) in [6, 6.07) is 5.10. The molecule has 1 fully saturated rings. The van der Waals surface area contributed by atoms with Gasteiger partial charge in [-0.15, -0.1) is 0 Å². The van der Waals surface area contributed by atoms with Crippen molar-refractivity contribution >= 4 is 27.5 Å². The van der Waals surface area contributed by atoms with Crippen molar-refractivity contribution in [3.63, 3.8) is 0 Å². The van der Waals surface area contributed by atoms with E-state index in [2.05, 4.69) is 10.6 Å². The van der Waals surface area contributed by atoms with Crippen molar-refractivity contribution in [2.75, 3.05) is 31.3 Å². The lowest BCUT2D eigenvalue weighted by Gasteiger charge is -2.31. The summed E-state index contributed by atoms with van der Waals surface area (Å²) in [4.78, 5) is 24.0. The van der Waals surface area contributed by atoms with Crippen LogP contribution in [-0.2, 0) is 19.6 Å². The maximum atomic E-state index is 12.6. The molecule has 1 saturated heterocycles. The van der Waals surface area contributed by atoms with Gasteiger partial charge < -0.3 is 15.4 Å². The van der Waals surface area contributed by atoms with Gasteiger partial charge >= 0.3 is 0 Å². The van der Waals surface area contributed by atoms with Crippen LogP contribution in [0.2, 0.25) is 0 Å². The molecule has 0 aromatic heterocycles. The van der Waals surface area contributed by atoms with Gasteiger partial charge in [0.2, 0.25) is 15.9 Å². The number of anilines is 1. The number of benzene rings is 1. The standard InChI is InChI=1S/C17H23N3O5S/c1-11(12-5-6-15-14(8-12)19-16(21)10-25-15)18-17(22)13-4-3-7-20(9-13)26(2,23)24/h5-6,8,11,13H,3-4,7,9-10H2,1-2H3,(H,18,22)(H,19,21). The number of rotatable bonds is 4. The van der Waals surface area contributed by atoms with E-state index in [1.807, 2.05) is 13.0 Å². The number of sulfonamides is 1. The monoisotopic (exact) mass is 381 g/mol. The number of hydrogen-bond acceptors (Lipinski definition) is 5. The van der Waals surface area contributed by atoms with Gasteiger partial charge in [0.15, 0.2) is 6.61 Å². The molecule has 1 aromatic carbocycles. The lowest BCUT2D eigenvalue weighted by atomic mass is 9.97. The average Bonchev–Trinajstić information content (AvgIpc) is 2.60. The first-order valence-corrected chi connectivity index (χ1v) is 10.4. The van der Waals surface area contributed by atoms with Crippen molar-refractivity contribution < 1.29 is 22.7 Å². The van der Waals surface area contributed by atoms with E-state index in [0.29, 0.717) is 30.8 Å². The first-order valence-electron chi connectivity index (χ1n) is 8.56. The van der Waals surface area contributed by atoms with Gasteiger partial charge in [-0.3, -0.25) is 9.59 Å². The lowest BCUT2D eigenvalue weighted by Crippen LogP contribution is -2.45. The SMILES string of the molecule is CC(NC(=O)C1CCCN(S(C)(=O)=O)C1)c1ccc2c(c1)NC(=O)CO2. The van der Waals surface area contributed by atoms with E-state index in [4.69, 9.17) is 4.74 Å². The fourth-order valence-corrected chi connectivity index (χ4v) is 4.15. The second kappa shape index (κ2) is 7.24. The zero-order chi connectivity index (χ0) is 18.9. The topological polar surface area (TPSA) is 105 Å². The third kappa shape index (κ3) is 4.16. The summed E-state index contributed by atoms with van der Waals surface area (Å²) in [5, 5.41) is 5.69. The third-order valence-electron chi connectivity index (χ3n) is 4.72. The molecule has 2 N–H and O–H groups in total. The molecular formula is C17H23N3O5S. The number of nitrogens with zero attached hydrogens (tertiary/aromatic N) is 1. The summed E-state index contributed by atoms with van der Waals surface area (Å²) < 4.78 is 30.1. The third-order valence-corrected chi connectivity index (χ3v) is 5.99. The van der Waals surface area contributed by atoms with E-state index in [9.17, 15) is 18.0 Å². The first-order chi connectivity index (χ1) is 12.2. The van der Waals surface area contributed by atoms with Gasteiger partial charge in [-0.2, -0.15) is 0 Å².